The minimum atomic E-state index is -0.824. The van der Waals surface area contributed by atoms with Crippen LogP contribution in [0.1, 0.15) is 55.7 Å². The normalized spacial score (nSPS) is 21.4. The maximum absolute atomic E-state index is 13.1. The van der Waals surface area contributed by atoms with Crippen molar-refractivity contribution in [1.82, 2.24) is 4.57 Å². The molecule has 1 aromatic heterocycles. The first-order valence-electron chi connectivity index (χ1n) is 12.6. The van der Waals surface area contributed by atoms with E-state index >= 15 is 0 Å². The Morgan fingerprint density at radius 1 is 1.05 bits per heavy atom. The zero-order chi connectivity index (χ0) is 26.7. The Morgan fingerprint density at radius 3 is 2.50 bits per heavy atom. The molecule has 0 spiro atoms. The molecule has 7 nitrogen and oxygen atoms in total. The summed E-state index contributed by atoms with van der Waals surface area (Å²) in [6.45, 7) is 1.92. The Morgan fingerprint density at radius 2 is 1.76 bits per heavy atom. The molecule has 4 aromatic rings. The fraction of sp³-hybridized carbons (Fsp3) is 0.267. The fourth-order valence-electron chi connectivity index (χ4n) is 6.20. The van der Waals surface area contributed by atoms with E-state index in [1.54, 1.807) is 12.1 Å². The molecule has 3 N–H and O–H groups in total. The largest absolute Gasteiger partial charge is 0.494 e. The highest BCUT2D eigenvalue weighted by atomic mass is 19.1. The zero-order valence-electron chi connectivity index (χ0n) is 20.8. The second-order valence-corrected chi connectivity index (χ2v) is 10.3. The van der Waals surface area contributed by atoms with E-state index in [4.69, 9.17) is 4.74 Å². The molecule has 2 aliphatic heterocycles. The molecule has 3 aromatic carbocycles. The summed E-state index contributed by atoms with van der Waals surface area (Å²) in [5.41, 5.74) is 1.16. The molecule has 0 saturated carbocycles. The van der Waals surface area contributed by atoms with E-state index in [-0.39, 0.29) is 29.9 Å². The van der Waals surface area contributed by atoms with Crippen LogP contribution in [0.4, 0.5) is 10.1 Å². The van der Waals surface area contributed by atoms with Gasteiger partial charge in [-0.25, -0.2) is 4.39 Å². The number of nitrogens with one attached hydrogen (secondary N) is 1. The van der Waals surface area contributed by atoms with Crippen molar-refractivity contribution in [2.24, 2.45) is 0 Å². The highest BCUT2D eigenvalue weighted by Gasteiger charge is 2.61. The second-order valence-electron chi connectivity index (χ2n) is 10.3. The summed E-state index contributed by atoms with van der Waals surface area (Å²) in [4.78, 5) is 12.5. The van der Waals surface area contributed by atoms with Crippen molar-refractivity contribution in [3.05, 3.63) is 83.2 Å². The third kappa shape index (κ3) is 3.54. The molecule has 3 heterocycles. The molecule has 2 atom stereocenters. The standard InChI is InChI=1S/C30H26FN3O4/c1-29-15-16-30(38-29,14-4-7-24(35)33-20-11-9-19(31)10-12-20)26-25(29)27(36)34(28(26)37)23-13-8-18(17-32)21-5-2-3-6-22(21)23/h2-3,5-6,8-13,36-37H,4,7,14-16H2,1H3,(H,33,35)/t29-,30?/m1/s1. The monoisotopic (exact) mass is 511 g/mol. The molecule has 38 heavy (non-hydrogen) atoms. The number of nitriles is 1. The van der Waals surface area contributed by atoms with E-state index in [9.17, 15) is 24.7 Å². The lowest BCUT2D eigenvalue weighted by Gasteiger charge is -2.26. The highest BCUT2D eigenvalue weighted by Crippen LogP contribution is 2.66. The van der Waals surface area contributed by atoms with Crippen molar-refractivity contribution in [3.8, 4) is 23.5 Å². The molecule has 0 radical (unpaired) electrons. The van der Waals surface area contributed by atoms with Gasteiger partial charge in [0.05, 0.1) is 34.0 Å². The smallest absolute Gasteiger partial charge is 0.224 e. The molecule has 1 amide bonds. The Bertz CT molecular complexity index is 1640. The summed E-state index contributed by atoms with van der Waals surface area (Å²) in [6.07, 6.45) is 2.53. The van der Waals surface area contributed by atoms with Gasteiger partial charge in [0.15, 0.2) is 0 Å². The first kappa shape index (κ1) is 24.0. The van der Waals surface area contributed by atoms with Gasteiger partial charge in [0, 0.05) is 22.9 Å². The number of ether oxygens (including phenoxy) is 1. The van der Waals surface area contributed by atoms with Crippen LogP contribution in [0.15, 0.2) is 60.7 Å². The maximum Gasteiger partial charge on any atom is 0.224 e. The van der Waals surface area contributed by atoms with Crippen molar-refractivity contribution in [2.45, 2.75) is 50.2 Å². The van der Waals surface area contributed by atoms with Gasteiger partial charge < -0.3 is 20.3 Å². The number of nitrogens with zero attached hydrogens (tertiary/aromatic N) is 2. The van der Waals surface area contributed by atoms with Crippen molar-refractivity contribution >= 4 is 22.4 Å². The molecule has 2 aliphatic rings. The summed E-state index contributed by atoms with van der Waals surface area (Å²) >= 11 is 0. The number of benzene rings is 3. The number of hydrogen-bond acceptors (Lipinski definition) is 5. The van der Waals surface area contributed by atoms with E-state index in [0.29, 0.717) is 53.7 Å². The molecule has 1 saturated heterocycles. The summed E-state index contributed by atoms with van der Waals surface area (Å²) < 4.78 is 21.1. The molecule has 6 rings (SSSR count). The fourth-order valence-corrected chi connectivity index (χ4v) is 6.20. The molecular weight excluding hydrogens is 485 g/mol. The summed E-state index contributed by atoms with van der Waals surface area (Å²) in [7, 11) is 0. The van der Waals surface area contributed by atoms with Gasteiger partial charge in [-0.3, -0.25) is 9.36 Å². The average molecular weight is 512 g/mol. The first-order valence-corrected chi connectivity index (χ1v) is 12.6. The molecule has 1 fully saturated rings. The van der Waals surface area contributed by atoms with Crippen LogP contribution in [0.2, 0.25) is 0 Å². The average Bonchev–Trinajstić information content (AvgIpc) is 3.49. The van der Waals surface area contributed by atoms with Crippen LogP contribution >= 0.6 is 0 Å². The van der Waals surface area contributed by atoms with E-state index in [1.807, 2.05) is 31.2 Å². The Kier molecular flexibility index (Phi) is 5.44. The number of rotatable bonds is 6. The highest BCUT2D eigenvalue weighted by molar-refractivity contribution is 5.95. The Balaban J connectivity index is 1.32. The van der Waals surface area contributed by atoms with Crippen LogP contribution in [0.3, 0.4) is 0 Å². The SMILES string of the molecule is C[C@]12CCC(CCCC(=O)Nc3ccc(F)cc3)(O1)c1c2c(O)n(-c2ccc(C#N)c3ccccc23)c1O. The molecule has 1 unspecified atom stereocenters. The number of hydrogen-bond donors (Lipinski definition) is 3. The van der Waals surface area contributed by atoms with Gasteiger partial charge in [-0.2, -0.15) is 5.26 Å². The van der Waals surface area contributed by atoms with Gasteiger partial charge in [0.25, 0.3) is 0 Å². The minimum Gasteiger partial charge on any atom is -0.494 e. The molecule has 2 bridgehead atoms. The number of carbonyl (C=O) groups is 1. The number of fused-ring (bicyclic) bond motifs is 6. The summed E-state index contributed by atoms with van der Waals surface area (Å²) in [5.74, 6) is -0.734. The first-order chi connectivity index (χ1) is 18.3. The Hall–Kier alpha value is -4.35. The van der Waals surface area contributed by atoms with Crippen LogP contribution in [-0.2, 0) is 20.7 Å². The van der Waals surface area contributed by atoms with Gasteiger partial charge in [-0.1, -0.05) is 24.3 Å². The number of halogens is 1. The van der Waals surface area contributed by atoms with Gasteiger partial charge in [0.1, 0.15) is 11.4 Å². The van der Waals surface area contributed by atoms with Crippen LogP contribution in [0.5, 0.6) is 11.8 Å². The lowest BCUT2D eigenvalue weighted by atomic mass is 9.77. The molecule has 192 valence electrons. The van der Waals surface area contributed by atoms with E-state index in [0.717, 1.165) is 10.8 Å². The number of anilines is 1. The zero-order valence-corrected chi connectivity index (χ0v) is 20.8. The van der Waals surface area contributed by atoms with E-state index in [2.05, 4.69) is 11.4 Å². The number of carbonyl (C=O) groups excluding carboxylic acids is 1. The maximum atomic E-state index is 13.1. The van der Waals surface area contributed by atoms with Gasteiger partial charge in [-0.15, -0.1) is 0 Å². The topological polar surface area (TPSA) is 108 Å². The third-order valence-electron chi connectivity index (χ3n) is 7.91. The van der Waals surface area contributed by atoms with Crippen molar-refractivity contribution < 1.29 is 24.1 Å². The van der Waals surface area contributed by atoms with Gasteiger partial charge in [0.2, 0.25) is 17.7 Å². The second kappa shape index (κ2) is 8.61. The van der Waals surface area contributed by atoms with Crippen LogP contribution in [0.25, 0.3) is 16.5 Å². The predicted octanol–water partition coefficient (Wildman–Crippen LogP) is 6.10. The lowest BCUT2D eigenvalue weighted by Crippen LogP contribution is -2.23. The van der Waals surface area contributed by atoms with Crippen molar-refractivity contribution in [2.75, 3.05) is 5.32 Å². The van der Waals surface area contributed by atoms with Crippen molar-refractivity contribution in [1.29, 1.82) is 5.26 Å². The quantitative estimate of drug-likeness (QED) is 0.290. The lowest BCUT2D eigenvalue weighted by molar-refractivity contribution is -0.117. The van der Waals surface area contributed by atoms with Crippen LogP contribution in [0, 0.1) is 17.1 Å². The summed E-state index contributed by atoms with van der Waals surface area (Å²) in [5, 5.41) is 36.8. The third-order valence-corrected chi connectivity index (χ3v) is 7.91. The molecule has 8 heteroatoms. The van der Waals surface area contributed by atoms with Gasteiger partial charge in [-0.05, 0) is 69.0 Å². The number of aromatic hydroxyl groups is 2. The molecular formula is C30H26FN3O4. The van der Waals surface area contributed by atoms with Crippen LogP contribution in [-0.4, -0.2) is 20.7 Å². The summed E-state index contributed by atoms with van der Waals surface area (Å²) in [6, 6.07) is 18.6. The number of aromatic nitrogens is 1. The minimum absolute atomic E-state index is 0.0783. The van der Waals surface area contributed by atoms with Gasteiger partial charge >= 0.3 is 0 Å². The number of amides is 1. The van der Waals surface area contributed by atoms with E-state index < -0.39 is 11.2 Å². The van der Waals surface area contributed by atoms with Crippen LogP contribution < -0.4 is 5.32 Å². The Labute approximate surface area is 218 Å². The predicted molar refractivity (Wildman–Crippen MR) is 140 cm³/mol. The van der Waals surface area contributed by atoms with E-state index in [1.165, 1.54) is 28.8 Å². The molecule has 0 aliphatic carbocycles. The van der Waals surface area contributed by atoms with Crippen molar-refractivity contribution in [3.63, 3.8) is 0 Å².